The molecule has 0 spiro atoms. The number of amides is 2. The first kappa shape index (κ1) is 12.6. The maximum absolute atomic E-state index is 12.2. The summed E-state index contributed by atoms with van der Waals surface area (Å²) in [6.07, 6.45) is 2.97. The van der Waals surface area contributed by atoms with Gasteiger partial charge < -0.3 is 10.6 Å². The van der Waals surface area contributed by atoms with Gasteiger partial charge in [-0.2, -0.15) is 0 Å². The Hall–Kier alpha value is -1.84. The summed E-state index contributed by atoms with van der Waals surface area (Å²) in [4.78, 5) is 24.8. The molecule has 0 radical (unpaired) electrons. The van der Waals surface area contributed by atoms with Crippen molar-refractivity contribution in [1.82, 2.24) is 4.90 Å². The van der Waals surface area contributed by atoms with Crippen LogP contribution in [0.25, 0.3) is 0 Å². The molecule has 2 amide bonds. The van der Waals surface area contributed by atoms with Crippen LogP contribution in [0, 0.1) is 5.92 Å². The number of nitrogens with two attached hydrogens (primary N) is 1. The Kier molecular flexibility index (Phi) is 3.97. The van der Waals surface area contributed by atoms with Crippen molar-refractivity contribution in [2.75, 3.05) is 6.54 Å². The Morgan fingerprint density at radius 3 is 2.39 bits per heavy atom. The van der Waals surface area contributed by atoms with Crippen LogP contribution in [-0.2, 0) is 16.1 Å². The van der Waals surface area contributed by atoms with Gasteiger partial charge in [-0.05, 0) is 18.4 Å². The summed E-state index contributed by atoms with van der Waals surface area (Å²) < 4.78 is 0. The highest BCUT2D eigenvalue weighted by atomic mass is 16.2. The van der Waals surface area contributed by atoms with Gasteiger partial charge >= 0.3 is 0 Å². The molecule has 1 fully saturated rings. The van der Waals surface area contributed by atoms with E-state index in [2.05, 4.69) is 0 Å². The highest BCUT2D eigenvalue weighted by Crippen LogP contribution is 2.28. The Morgan fingerprint density at radius 2 is 1.89 bits per heavy atom. The fourth-order valence-electron chi connectivity index (χ4n) is 2.12. The molecule has 18 heavy (non-hydrogen) atoms. The molecule has 4 nitrogen and oxygen atoms in total. The summed E-state index contributed by atoms with van der Waals surface area (Å²) in [6.45, 7) is 0.462. The van der Waals surface area contributed by atoms with Crippen molar-refractivity contribution in [3.8, 4) is 0 Å². The first-order valence-corrected chi connectivity index (χ1v) is 6.28. The van der Waals surface area contributed by atoms with Gasteiger partial charge in [-0.3, -0.25) is 9.59 Å². The van der Waals surface area contributed by atoms with Crippen LogP contribution >= 0.6 is 0 Å². The van der Waals surface area contributed by atoms with E-state index in [4.69, 9.17) is 5.73 Å². The van der Waals surface area contributed by atoms with Crippen LogP contribution in [0.5, 0.6) is 0 Å². The minimum absolute atomic E-state index is 0.00419. The Balaban J connectivity index is 2.04. The molecule has 2 rings (SSSR count). The lowest BCUT2D eigenvalue weighted by molar-refractivity contribution is -0.141. The number of nitrogens with zero attached hydrogens (tertiary/aromatic N) is 1. The first-order chi connectivity index (χ1) is 8.66. The topological polar surface area (TPSA) is 63.4 Å². The zero-order valence-corrected chi connectivity index (χ0v) is 10.3. The second-order valence-corrected chi connectivity index (χ2v) is 4.77. The number of primary amides is 1. The number of hydrogen-bond donors (Lipinski definition) is 1. The van der Waals surface area contributed by atoms with Gasteiger partial charge in [-0.25, -0.2) is 0 Å². The molecule has 1 aromatic carbocycles. The van der Waals surface area contributed by atoms with Gasteiger partial charge in [-0.1, -0.05) is 36.8 Å². The molecule has 1 aliphatic rings. The maximum atomic E-state index is 12.2. The van der Waals surface area contributed by atoms with Gasteiger partial charge in [0.1, 0.15) is 0 Å². The standard InChI is InChI=1S/C14H18N2O2/c15-13(17)10-16(14(18)12-7-4-8-12)9-11-5-2-1-3-6-11/h1-3,5-6,12H,4,7-10H2,(H2,15,17). The number of carbonyl (C=O) groups is 2. The van der Waals surface area contributed by atoms with E-state index in [0.717, 1.165) is 24.8 Å². The molecule has 0 heterocycles. The van der Waals surface area contributed by atoms with Crippen LogP contribution in [0.3, 0.4) is 0 Å². The Bertz CT molecular complexity index is 427. The predicted molar refractivity (Wildman–Crippen MR) is 68.4 cm³/mol. The molecule has 0 aliphatic heterocycles. The van der Waals surface area contributed by atoms with Crippen molar-refractivity contribution in [2.24, 2.45) is 11.7 Å². The Labute approximate surface area is 107 Å². The zero-order chi connectivity index (χ0) is 13.0. The van der Waals surface area contributed by atoms with Gasteiger partial charge in [0.15, 0.2) is 0 Å². The van der Waals surface area contributed by atoms with Gasteiger partial charge in [0, 0.05) is 12.5 Å². The lowest BCUT2D eigenvalue weighted by Crippen LogP contribution is -2.42. The van der Waals surface area contributed by atoms with Crippen LogP contribution in [0.1, 0.15) is 24.8 Å². The van der Waals surface area contributed by atoms with Gasteiger partial charge in [0.05, 0.1) is 6.54 Å². The SMILES string of the molecule is NC(=O)CN(Cc1ccccc1)C(=O)C1CCC1. The molecule has 0 aromatic heterocycles. The van der Waals surface area contributed by atoms with Gasteiger partial charge in [0.25, 0.3) is 0 Å². The first-order valence-electron chi connectivity index (χ1n) is 6.28. The number of benzene rings is 1. The fraction of sp³-hybridized carbons (Fsp3) is 0.429. The lowest BCUT2D eigenvalue weighted by Gasteiger charge is -2.31. The zero-order valence-electron chi connectivity index (χ0n) is 10.3. The number of hydrogen-bond acceptors (Lipinski definition) is 2. The van der Waals surface area contributed by atoms with Crippen molar-refractivity contribution in [2.45, 2.75) is 25.8 Å². The van der Waals surface area contributed by atoms with Crippen molar-refractivity contribution in [3.63, 3.8) is 0 Å². The lowest BCUT2D eigenvalue weighted by atomic mass is 9.84. The minimum atomic E-state index is -0.460. The molecular weight excluding hydrogens is 228 g/mol. The quantitative estimate of drug-likeness (QED) is 0.851. The van der Waals surface area contributed by atoms with E-state index < -0.39 is 5.91 Å². The predicted octanol–water partition coefficient (Wildman–Crippen LogP) is 1.30. The molecule has 2 N–H and O–H groups in total. The molecular formula is C14H18N2O2. The third-order valence-corrected chi connectivity index (χ3v) is 3.33. The monoisotopic (exact) mass is 246 g/mol. The smallest absolute Gasteiger partial charge is 0.237 e. The van der Waals surface area contributed by atoms with Crippen molar-refractivity contribution < 1.29 is 9.59 Å². The van der Waals surface area contributed by atoms with Gasteiger partial charge in [0.2, 0.25) is 11.8 Å². The summed E-state index contributed by atoms with van der Waals surface area (Å²) in [6, 6.07) is 9.66. The Morgan fingerprint density at radius 1 is 1.22 bits per heavy atom. The second-order valence-electron chi connectivity index (χ2n) is 4.77. The van der Waals surface area contributed by atoms with E-state index in [1.165, 1.54) is 0 Å². The molecule has 0 saturated heterocycles. The van der Waals surface area contributed by atoms with Crippen LogP contribution in [0.4, 0.5) is 0 Å². The van der Waals surface area contributed by atoms with Crippen molar-refractivity contribution in [1.29, 1.82) is 0 Å². The number of carbonyl (C=O) groups excluding carboxylic acids is 2. The van der Waals surface area contributed by atoms with E-state index in [-0.39, 0.29) is 18.4 Å². The molecule has 0 bridgehead atoms. The summed E-state index contributed by atoms with van der Waals surface area (Å²) >= 11 is 0. The molecule has 96 valence electrons. The summed E-state index contributed by atoms with van der Waals surface area (Å²) in [5.74, 6) is -0.310. The molecule has 1 saturated carbocycles. The third kappa shape index (κ3) is 3.09. The van der Waals surface area contributed by atoms with Gasteiger partial charge in [-0.15, -0.1) is 0 Å². The maximum Gasteiger partial charge on any atom is 0.237 e. The van der Waals surface area contributed by atoms with E-state index in [9.17, 15) is 9.59 Å². The molecule has 1 aliphatic carbocycles. The summed E-state index contributed by atoms with van der Waals surface area (Å²) in [7, 11) is 0. The summed E-state index contributed by atoms with van der Waals surface area (Å²) in [5, 5.41) is 0. The highest BCUT2D eigenvalue weighted by Gasteiger charge is 2.29. The van der Waals surface area contributed by atoms with E-state index >= 15 is 0 Å². The molecule has 0 atom stereocenters. The molecule has 1 aromatic rings. The van der Waals surface area contributed by atoms with Crippen LogP contribution in [-0.4, -0.2) is 23.3 Å². The average molecular weight is 246 g/mol. The van der Waals surface area contributed by atoms with E-state index in [1.54, 1.807) is 4.90 Å². The fourth-order valence-corrected chi connectivity index (χ4v) is 2.12. The van der Waals surface area contributed by atoms with Crippen molar-refractivity contribution >= 4 is 11.8 Å². The second kappa shape index (κ2) is 5.67. The van der Waals surface area contributed by atoms with E-state index in [0.29, 0.717) is 6.54 Å². The highest BCUT2D eigenvalue weighted by molar-refractivity contribution is 5.85. The van der Waals surface area contributed by atoms with Crippen LogP contribution < -0.4 is 5.73 Å². The largest absolute Gasteiger partial charge is 0.368 e. The van der Waals surface area contributed by atoms with E-state index in [1.807, 2.05) is 30.3 Å². The minimum Gasteiger partial charge on any atom is -0.368 e. The normalized spacial score (nSPS) is 14.9. The van der Waals surface area contributed by atoms with Crippen LogP contribution in [0.2, 0.25) is 0 Å². The van der Waals surface area contributed by atoms with Crippen LogP contribution in [0.15, 0.2) is 30.3 Å². The van der Waals surface area contributed by atoms with Crippen molar-refractivity contribution in [3.05, 3.63) is 35.9 Å². The third-order valence-electron chi connectivity index (χ3n) is 3.33. The summed E-state index contributed by atoms with van der Waals surface area (Å²) in [5.41, 5.74) is 6.23. The molecule has 4 heteroatoms. The average Bonchev–Trinajstić information content (AvgIpc) is 2.26. The number of rotatable bonds is 5. The molecule has 0 unspecified atom stereocenters.